The van der Waals surface area contributed by atoms with Gasteiger partial charge in [0.05, 0.1) is 5.39 Å². The van der Waals surface area contributed by atoms with Crippen LogP contribution < -0.4 is 10.6 Å². The average molecular weight is 389 g/mol. The summed E-state index contributed by atoms with van der Waals surface area (Å²) in [6.45, 7) is 1.47. The molecule has 27 heavy (non-hydrogen) atoms. The van der Waals surface area contributed by atoms with Crippen LogP contribution in [0.25, 0.3) is 21.7 Å². The summed E-state index contributed by atoms with van der Waals surface area (Å²) in [6, 6.07) is 7.54. The van der Waals surface area contributed by atoms with Crippen LogP contribution in [0.15, 0.2) is 35.8 Å². The molecule has 0 aromatic carbocycles. The van der Waals surface area contributed by atoms with E-state index in [1.54, 1.807) is 6.20 Å². The van der Waals surface area contributed by atoms with Crippen LogP contribution in [0.1, 0.15) is 19.3 Å². The summed E-state index contributed by atoms with van der Waals surface area (Å²) < 4.78 is 28.5. The summed E-state index contributed by atoms with van der Waals surface area (Å²) in [5.41, 5.74) is 0.692. The van der Waals surface area contributed by atoms with Gasteiger partial charge in [-0.05, 0) is 43.0 Å². The zero-order chi connectivity index (χ0) is 18.7. The Morgan fingerprint density at radius 3 is 3.00 bits per heavy atom. The molecule has 0 radical (unpaired) electrons. The zero-order valence-corrected chi connectivity index (χ0v) is 15.6. The number of thiophene rings is 1. The zero-order valence-electron chi connectivity index (χ0n) is 14.8. The standard InChI is InChI=1S/C19H21F2N5S/c20-19(21)7-11-22-9-4-13(19)5-10-24-16-14-6-12-27-18(14)26-17(25-16)15-3-1-2-8-23-15/h1-3,6,8,12-13,22H,4-5,7,9-11H2,(H,24,25,26). The molecule has 0 spiro atoms. The van der Waals surface area contributed by atoms with Crippen LogP contribution in [0.5, 0.6) is 0 Å². The van der Waals surface area contributed by atoms with Crippen molar-refractivity contribution in [2.45, 2.75) is 25.2 Å². The number of hydrogen-bond donors (Lipinski definition) is 2. The number of hydrogen-bond acceptors (Lipinski definition) is 6. The Bertz CT molecular complexity index is 900. The van der Waals surface area contributed by atoms with Gasteiger partial charge in [-0.25, -0.2) is 18.7 Å². The number of halogens is 2. The van der Waals surface area contributed by atoms with Crippen molar-refractivity contribution in [2.75, 3.05) is 25.0 Å². The van der Waals surface area contributed by atoms with E-state index in [-0.39, 0.29) is 6.42 Å². The summed E-state index contributed by atoms with van der Waals surface area (Å²) >= 11 is 1.53. The highest BCUT2D eigenvalue weighted by Crippen LogP contribution is 2.34. The molecule has 1 saturated heterocycles. The maximum absolute atomic E-state index is 14.2. The number of nitrogens with zero attached hydrogens (tertiary/aromatic N) is 3. The van der Waals surface area contributed by atoms with Crippen molar-refractivity contribution < 1.29 is 8.78 Å². The monoisotopic (exact) mass is 389 g/mol. The van der Waals surface area contributed by atoms with Crippen molar-refractivity contribution in [3.8, 4) is 11.5 Å². The molecule has 1 atom stereocenters. The van der Waals surface area contributed by atoms with E-state index in [1.807, 2.05) is 29.6 Å². The van der Waals surface area contributed by atoms with Gasteiger partial charge in [-0.15, -0.1) is 11.3 Å². The molecule has 1 unspecified atom stereocenters. The minimum atomic E-state index is -2.62. The second kappa shape index (κ2) is 7.82. The SMILES string of the molecule is FC1(F)CCNCCC1CCNc1nc(-c2ccccn2)nc2sccc12. The van der Waals surface area contributed by atoms with Crippen LogP contribution in [0.3, 0.4) is 0 Å². The van der Waals surface area contributed by atoms with Crippen LogP contribution in [0.4, 0.5) is 14.6 Å². The molecular weight excluding hydrogens is 368 g/mol. The van der Waals surface area contributed by atoms with Crippen molar-refractivity contribution in [2.24, 2.45) is 5.92 Å². The summed E-state index contributed by atoms with van der Waals surface area (Å²) in [5, 5.41) is 9.19. The largest absolute Gasteiger partial charge is 0.369 e. The Balaban J connectivity index is 1.52. The maximum Gasteiger partial charge on any atom is 0.252 e. The van der Waals surface area contributed by atoms with Gasteiger partial charge in [0.2, 0.25) is 0 Å². The Labute approximate surface area is 160 Å². The number of aromatic nitrogens is 3. The molecule has 1 aliphatic rings. The van der Waals surface area contributed by atoms with E-state index in [0.29, 0.717) is 49.8 Å². The number of fused-ring (bicyclic) bond motifs is 1. The molecule has 5 nitrogen and oxygen atoms in total. The fraction of sp³-hybridized carbons (Fsp3) is 0.421. The average Bonchev–Trinajstić information content (AvgIpc) is 3.08. The normalized spacial score (nSPS) is 19.7. The van der Waals surface area contributed by atoms with E-state index in [9.17, 15) is 8.78 Å². The van der Waals surface area contributed by atoms with E-state index in [1.165, 1.54) is 11.3 Å². The quantitative estimate of drug-likeness (QED) is 0.685. The van der Waals surface area contributed by atoms with Crippen LogP contribution >= 0.6 is 11.3 Å². The number of rotatable bonds is 5. The fourth-order valence-electron chi connectivity index (χ4n) is 3.39. The van der Waals surface area contributed by atoms with Crippen LogP contribution in [0.2, 0.25) is 0 Å². The summed E-state index contributed by atoms with van der Waals surface area (Å²) in [5.74, 6) is -2.02. The topological polar surface area (TPSA) is 62.7 Å². The van der Waals surface area contributed by atoms with Gasteiger partial charge in [-0.1, -0.05) is 6.07 Å². The third kappa shape index (κ3) is 4.06. The molecule has 3 aromatic rings. The van der Waals surface area contributed by atoms with Crippen molar-refractivity contribution in [3.63, 3.8) is 0 Å². The van der Waals surface area contributed by atoms with Crippen LogP contribution in [-0.2, 0) is 0 Å². The predicted molar refractivity (Wildman–Crippen MR) is 104 cm³/mol. The molecule has 1 aliphatic heterocycles. The molecule has 4 heterocycles. The van der Waals surface area contributed by atoms with Gasteiger partial charge in [-0.3, -0.25) is 4.98 Å². The molecule has 8 heteroatoms. The molecule has 0 saturated carbocycles. The molecule has 2 N–H and O–H groups in total. The number of nitrogens with one attached hydrogen (secondary N) is 2. The summed E-state index contributed by atoms with van der Waals surface area (Å²) in [6.07, 6.45) is 2.51. The number of pyridine rings is 1. The highest BCUT2D eigenvalue weighted by molar-refractivity contribution is 7.16. The molecule has 1 fully saturated rings. The van der Waals surface area contributed by atoms with Crippen LogP contribution in [-0.4, -0.2) is 40.5 Å². The minimum Gasteiger partial charge on any atom is -0.369 e. The van der Waals surface area contributed by atoms with E-state index in [4.69, 9.17) is 0 Å². The van der Waals surface area contributed by atoms with E-state index >= 15 is 0 Å². The first kappa shape index (κ1) is 18.2. The van der Waals surface area contributed by atoms with E-state index in [0.717, 1.165) is 10.2 Å². The maximum atomic E-state index is 14.2. The summed E-state index contributed by atoms with van der Waals surface area (Å²) in [7, 11) is 0. The Morgan fingerprint density at radius 1 is 1.22 bits per heavy atom. The highest BCUT2D eigenvalue weighted by atomic mass is 32.1. The second-order valence-electron chi connectivity index (χ2n) is 6.71. The van der Waals surface area contributed by atoms with Crippen molar-refractivity contribution in [1.29, 1.82) is 0 Å². The van der Waals surface area contributed by atoms with E-state index in [2.05, 4.69) is 25.6 Å². The number of alkyl halides is 2. The first-order chi connectivity index (χ1) is 13.1. The molecule has 0 amide bonds. The first-order valence-electron chi connectivity index (χ1n) is 9.12. The van der Waals surface area contributed by atoms with Crippen LogP contribution in [0, 0.1) is 5.92 Å². The third-order valence-corrected chi connectivity index (χ3v) is 5.71. The lowest BCUT2D eigenvalue weighted by Gasteiger charge is -2.24. The lowest BCUT2D eigenvalue weighted by Crippen LogP contribution is -2.29. The third-order valence-electron chi connectivity index (χ3n) is 4.91. The van der Waals surface area contributed by atoms with Crippen molar-refractivity contribution >= 4 is 27.4 Å². The molecule has 0 aliphatic carbocycles. The molecule has 142 valence electrons. The smallest absolute Gasteiger partial charge is 0.252 e. The molecule has 3 aromatic heterocycles. The van der Waals surface area contributed by atoms with Crippen molar-refractivity contribution in [1.82, 2.24) is 20.3 Å². The fourth-order valence-corrected chi connectivity index (χ4v) is 4.16. The van der Waals surface area contributed by atoms with Gasteiger partial charge >= 0.3 is 0 Å². The Hall–Kier alpha value is -2.19. The van der Waals surface area contributed by atoms with Gasteiger partial charge in [0.25, 0.3) is 5.92 Å². The van der Waals surface area contributed by atoms with E-state index < -0.39 is 11.8 Å². The molecular formula is C19H21F2N5S. The predicted octanol–water partition coefficient (Wildman–Crippen LogP) is 4.19. The van der Waals surface area contributed by atoms with Gasteiger partial charge in [0, 0.05) is 31.6 Å². The summed E-state index contributed by atoms with van der Waals surface area (Å²) in [4.78, 5) is 14.3. The van der Waals surface area contributed by atoms with Crippen molar-refractivity contribution in [3.05, 3.63) is 35.8 Å². The van der Waals surface area contributed by atoms with Gasteiger partial charge < -0.3 is 10.6 Å². The highest BCUT2D eigenvalue weighted by Gasteiger charge is 2.39. The Kier molecular flexibility index (Phi) is 5.27. The lowest BCUT2D eigenvalue weighted by atomic mass is 9.93. The Morgan fingerprint density at radius 2 is 2.15 bits per heavy atom. The first-order valence-corrected chi connectivity index (χ1v) is 10.0. The number of anilines is 1. The minimum absolute atomic E-state index is 0.0935. The lowest BCUT2D eigenvalue weighted by molar-refractivity contribution is -0.0619. The van der Waals surface area contributed by atoms with Gasteiger partial charge in [-0.2, -0.15) is 0 Å². The van der Waals surface area contributed by atoms with Gasteiger partial charge in [0.1, 0.15) is 16.3 Å². The second-order valence-corrected chi connectivity index (χ2v) is 7.61. The molecule has 4 rings (SSSR count). The van der Waals surface area contributed by atoms with Gasteiger partial charge in [0.15, 0.2) is 5.82 Å². The molecule has 0 bridgehead atoms.